The lowest BCUT2D eigenvalue weighted by atomic mass is 10.1. The van der Waals surface area contributed by atoms with E-state index >= 15 is 0 Å². The summed E-state index contributed by atoms with van der Waals surface area (Å²) in [4.78, 5) is 38.0. The number of phenolic OH excluding ortho intramolecular Hbond substituents is 1. The number of anilines is 3. The van der Waals surface area contributed by atoms with Crippen LogP contribution in [-0.2, 0) is 11.3 Å². The van der Waals surface area contributed by atoms with Gasteiger partial charge in [-0.05, 0) is 63.3 Å². The fourth-order valence-corrected chi connectivity index (χ4v) is 4.67. The highest BCUT2D eigenvalue weighted by Gasteiger charge is 2.38. The van der Waals surface area contributed by atoms with Gasteiger partial charge in [0.05, 0.1) is 23.3 Å². The van der Waals surface area contributed by atoms with E-state index in [4.69, 9.17) is 28.2 Å². The molecule has 1 aliphatic heterocycles. The number of nitrogens with one attached hydrogen (secondary N) is 2. The highest BCUT2D eigenvalue weighted by Crippen LogP contribution is 2.45. The largest absolute Gasteiger partial charge is 0.506 e. The number of halogens is 2. The topological polar surface area (TPSA) is 111 Å². The predicted molar refractivity (Wildman–Crippen MR) is 151 cm³/mol. The molecular weight excluding hydrogens is 527 g/mol. The summed E-state index contributed by atoms with van der Waals surface area (Å²) in [5.74, 6) is 0.703. The number of carbonyl (C=O) groups is 2. The molecule has 1 atom stereocenters. The van der Waals surface area contributed by atoms with Crippen molar-refractivity contribution in [1.82, 2.24) is 15.3 Å². The lowest BCUT2D eigenvalue weighted by Gasteiger charge is -2.37. The van der Waals surface area contributed by atoms with Crippen molar-refractivity contribution >= 4 is 52.6 Å². The zero-order chi connectivity index (χ0) is 27.6. The van der Waals surface area contributed by atoms with E-state index in [1.165, 1.54) is 17.0 Å². The molecule has 1 fully saturated rings. The molecule has 1 aromatic carbocycles. The third-order valence-corrected chi connectivity index (χ3v) is 7.22. The second-order valence-electron chi connectivity index (χ2n) is 9.36. The standard InChI is InChI=1S/C27H30Cl2N6O3/c1-5-7-8-19(32-21(37)6-2)16(4)31-26-30-12-18-14-34(24-22(28)15(3)11-20(36)23(24)29)27(38)35(25(18)33-26)13-17-9-10-17/h5-8,11-12,16-17,36H,2,9-10,13-14H2,1,3-4H3,(H,32,37)(H,30,31,33)/b7-5-,19-8+. The van der Waals surface area contributed by atoms with E-state index < -0.39 is 0 Å². The van der Waals surface area contributed by atoms with Gasteiger partial charge in [0, 0.05) is 24.0 Å². The van der Waals surface area contributed by atoms with E-state index in [0.717, 1.165) is 12.8 Å². The number of urea groups is 1. The van der Waals surface area contributed by atoms with Crippen LogP contribution in [0.1, 0.15) is 37.8 Å². The number of allylic oxidation sites excluding steroid dienone is 3. The predicted octanol–water partition coefficient (Wildman–Crippen LogP) is 5.72. The number of phenols is 1. The second-order valence-corrected chi connectivity index (χ2v) is 10.1. The van der Waals surface area contributed by atoms with Gasteiger partial charge in [-0.2, -0.15) is 4.98 Å². The molecule has 9 nitrogen and oxygen atoms in total. The maximum absolute atomic E-state index is 13.8. The van der Waals surface area contributed by atoms with Crippen molar-refractivity contribution in [3.05, 3.63) is 70.0 Å². The van der Waals surface area contributed by atoms with E-state index in [-0.39, 0.29) is 41.0 Å². The molecule has 1 aromatic heterocycles. The third kappa shape index (κ3) is 5.79. The molecule has 2 aliphatic rings. The van der Waals surface area contributed by atoms with Crippen molar-refractivity contribution in [3.8, 4) is 5.75 Å². The van der Waals surface area contributed by atoms with Gasteiger partial charge < -0.3 is 15.7 Å². The zero-order valence-corrected chi connectivity index (χ0v) is 23.0. The maximum Gasteiger partial charge on any atom is 0.330 e. The van der Waals surface area contributed by atoms with Gasteiger partial charge in [-0.15, -0.1) is 0 Å². The number of aryl methyl sites for hydroxylation is 1. The lowest BCUT2D eigenvalue weighted by molar-refractivity contribution is -0.115. The minimum absolute atomic E-state index is 0.0128. The number of amides is 3. The Morgan fingerprint density at radius 2 is 2.08 bits per heavy atom. The van der Waals surface area contributed by atoms with Crippen LogP contribution in [0.3, 0.4) is 0 Å². The first kappa shape index (κ1) is 27.5. The summed E-state index contributed by atoms with van der Waals surface area (Å²) in [7, 11) is 0. The average molecular weight is 557 g/mol. The van der Waals surface area contributed by atoms with Crippen LogP contribution in [0.15, 0.2) is 48.8 Å². The number of hydrogen-bond acceptors (Lipinski definition) is 6. The molecule has 0 spiro atoms. The second kappa shape index (κ2) is 11.4. The summed E-state index contributed by atoms with van der Waals surface area (Å²) in [6, 6.07) is 0.786. The van der Waals surface area contributed by atoms with Crippen LogP contribution in [0, 0.1) is 12.8 Å². The summed E-state index contributed by atoms with van der Waals surface area (Å²) in [6.07, 6.45) is 10.4. The van der Waals surface area contributed by atoms with Crippen molar-refractivity contribution in [2.75, 3.05) is 21.7 Å². The van der Waals surface area contributed by atoms with Gasteiger partial charge in [-0.1, -0.05) is 41.9 Å². The van der Waals surface area contributed by atoms with Gasteiger partial charge in [0.2, 0.25) is 11.9 Å². The first-order chi connectivity index (χ1) is 18.1. The normalized spacial score (nSPS) is 16.4. The fourth-order valence-electron chi connectivity index (χ4n) is 4.12. The van der Waals surface area contributed by atoms with Crippen molar-refractivity contribution < 1.29 is 14.7 Å². The molecule has 1 saturated carbocycles. The van der Waals surface area contributed by atoms with Crippen molar-refractivity contribution in [2.24, 2.45) is 5.92 Å². The molecule has 11 heteroatoms. The zero-order valence-electron chi connectivity index (χ0n) is 21.5. The molecule has 4 rings (SSSR count). The number of aromatic nitrogens is 2. The summed E-state index contributed by atoms with van der Waals surface area (Å²) in [5, 5.41) is 16.6. The van der Waals surface area contributed by atoms with Crippen molar-refractivity contribution in [3.63, 3.8) is 0 Å². The fraction of sp³-hybridized carbons (Fsp3) is 0.333. The third-order valence-electron chi connectivity index (χ3n) is 6.37. The smallest absolute Gasteiger partial charge is 0.330 e. The number of carbonyl (C=O) groups excluding carboxylic acids is 2. The van der Waals surface area contributed by atoms with Gasteiger partial charge in [-0.25, -0.2) is 9.78 Å². The Balaban J connectivity index is 1.68. The first-order valence-electron chi connectivity index (χ1n) is 12.3. The Kier molecular flexibility index (Phi) is 8.28. The van der Waals surface area contributed by atoms with E-state index in [1.807, 2.05) is 26.0 Å². The summed E-state index contributed by atoms with van der Waals surface area (Å²) < 4.78 is 0. The average Bonchev–Trinajstić information content (AvgIpc) is 3.72. The SMILES string of the molecule is C=CC(=O)N/C(=C/C=C\C)C(C)Nc1ncc2c(n1)N(CC1CC1)C(=O)N(c1c(Cl)c(C)cc(O)c1Cl)C2. The van der Waals surface area contributed by atoms with Crippen LogP contribution in [0.2, 0.25) is 10.0 Å². The van der Waals surface area contributed by atoms with E-state index in [1.54, 1.807) is 24.1 Å². The van der Waals surface area contributed by atoms with Gasteiger partial charge in [-0.3, -0.25) is 14.6 Å². The first-order valence-corrected chi connectivity index (χ1v) is 13.1. The highest BCUT2D eigenvalue weighted by atomic mass is 35.5. The van der Waals surface area contributed by atoms with Gasteiger partial charge in [0.15, 0.2) is 0 Å². The minimum atomic E-state index is -0.353. The van der Waals surface area contributed by atoms with Crippen LogP contribution >= 0.6 is 23.2 Å². The van der Waals surface area contributed by atoms with Crippen LogP contribution in [0.25, 0.3) is 0 Å². The molecule has 2 aromatic rings. The summed E-state index contributed by atoms with van der Waals surface area (Å²) in [6.45, 7) is 9.61. The number of rotatable bonds is 9. The van der Waals surface area contributed by atoms with E-state index in [2.05, 4.69) is 22.2 Å². The molecule has 1 unspecified atom stereocenters. The Morgan fingerprint density at radius 1 is 1.34 bits per heavy atom. The summed E-state index contributed by atoms with van der Waals surface area (Å²) >= 11 is 13.0. The highest BCUT2D eigenvalue weighted by molar-refractivity contribution is 6.41. The molecule has 0 bridgehead atoms. The minimum Gasteiger partial charge on any atom is -0.506 e. The maximum atomic E-state index is 13.8. The molecule has 38 heavy (non-hydrogen) atoms. The molecule has 0 radical (unpaired) electrons. The lowest BCUT2D eigenvalue weighted by Crippen LogP contribution is -2.49. The number of nitrogens with zero attached hydrogens (tertiary/aromatic N) is 4. The molecule has 3 amide bonds. The van der Waals surface area contributed by atoms with Crippen LogP contribution in [0.4, 0.5) is 22.2 Å². The number of fused-ring (bicyclic) bond motifs is 1. The molecule has 2 heterocycles. The Labute approximate surface area is 231 Å². The number of hydrogen-bond donors (Lipinski definition) is 3. The van der Waals surface area contributed by atoms with Gasteiger partial charge >= 0.3 is 6.03 Å². The van der Waals surface area contributed by atoms with Gasteiger partial charge in [0.1, 0.15) is 16.6 Å². The van der Waals surface area contributed by atoms with Crippen LogP contribution < -0.4 is 20.4 Å². The number of benzene rings is 1. The Bertz CT molecular complexity index is 1310. The molecule has 1 aliphatic carbocycles. The monoisotopic (exact) mass is 556 g/mol. The van der Waals surface area contributed by atoms with E-state index in [0.29, 0.717) is 46.1 Å². The number of aromatic hydroxyl groups is 1. The van der Waals surface area contributed by atoms with Crippen LogP contribution in [-0.4, -0.2) is 39.6 Å². The molecule has 3 N–H and O–H groups in total. The Hall–Kier alpha value is -3.56. The van der Waals surface area contributed by atoms with E-state index in [9.17, 15) is 14.7 Å². The van der Waals surface area contributed by atoms with Gasteiger partial charge in [0.25, 0.3) is 0 Å². The summed E-state index contributed by atoms with van der Waals surface area (Å²) in [5.41, 5.74) is 2.18. The quantitative estimate of drug-likeness (QED) is 0.269. The van der Waals surface area contributed by atoms with Crippen LogP contribution in [0.5, 0.6) is 5.75 Å². The molecular formula is C27H30Cl2N6O3. The Morgan fingerprint density at radius 3 is 2.74 bits per heavy atom. The van der Waals surface area contributed by atoms with Crippen molar-refractivity contribution in [2.45, 2.75) is 46.2 Å². The molecule has 0 saturated heterocycles. The molecule has 200 valence electrons. The van der Waals surface area contributed by atoms with Crippen molar-refractivity contribution in [1.29, 1.82) is 0 Å².